The molecule has 1 amide bonds. The molecule has 0 spiro atoms. The van der Waals surface area contributed by atoms with Crippen molar-refractivity contribution in [2.24, 2.45) is 0 Å². The summed E-state index contributed by atoms with van der Waals surface area (Å²) < 4.78 is 25.1. The van der Waals surface area contributed by atoms with Gasteiger partial charge in [0.15, 0.2) is 9.84 Å². The highest BCUT2D eigenvalue weighted by Crippen LogP contribution is 2.16. The van der Waals surface area contributed by atoms with Gasteiger partial charge in [0, 0.05) is 30.7 Å². The molecule has 1 aromatic heterocycles. The zero-order valence-electron chi connectivity index (χ0n) is 15.1. The Morgan fingerprint density at radius 2 is 2.08 bits per heavy atom. The number of amides is 1. The Hall–Kier alpha value is -2.19. The molecule has 0 radical (unpaired) electrons. The van der Waals surface area contributed by atoms with Crippen LogP contribution in [0.2, 0.25) is 0 Å². The van der Waals surface area contributed by atoms with Gasteiger partial charge >= 0.3 is 0 Å². The zero-order chi connectivity index (χ0) is 18.7. The second-order valence-corrected chi connectivity index (χ2v) is 8.99. The molecule has 26 heavy (non-hydrogen) atoms. The average molecular weight is 376 g/mol. The summed E-state index contributed by atoms with van der Waals surface area (Å²) >= 11 is 0. The highest BCUT2D eigenvalue weighted by molar-refractivity contribution is 7.91. The number of rotatable bonds is 6. The highest BCUT2D eigenvalue weighted by Gasteiger charge is 2.31. The number of nitrogens with zero attached hydrogens (tertiary/aromatic N) is 3. The maximum Gasteiger partial charge on any atom is 0.234 e. The monoisotopic (exact) mass is 376 g/mol. The zero-order valence-corrected chi connectivity index (χ0v) is 15.9. The summed E-state index contributed by atoms with van der Waals surface area (Å²) in [5.74, 6) is 1.17. The lowest BCUT2D eigenvalue weighted by molar-refractivity contribution is -0.122. The minimum Gasteiger partial charge on any atom is -0.351 e. The molecule has 7 nitrogen and oxygen atoms in total. The topological polar surface area (TPSA) is 84.3 Å². The maximum atomic E-state index is 12.1. The minimum absolute atomic E-state index is 0.0662. The number of carbonyl (C=O) groups is 1. The van der Waals surface area contributed by atoms with E-state index in [2.05, 4.69) is 10.3 Å². The number of aryl methyl sites for hydroxylation is 1. The van der Waals surface area contributed by atoms with E-state index in [1.54, 1.807) is 13.2 Å². The lowest BCUT2D eigenvalue weighted by Gasteiger charge is -2.22. The van der Waals surface area contributed by atoms with Gasteiger partial charge in [-0.1, -0.05) is 12.1 Å². The molecule has 1 atom stereocenters. The Kier molecular flexibility index (Phi) is 5.43. The van der Waals surface area contributed by atoms with Crippen LogP contribution < -0.4 is 5.32 Å². The maximum absolute atomic E-state index is 12.1. The number of carbonyl (C=O) groups excluding carboxylic acids is 1. The van der Waals surface area contributed by atoms with E-state index in [1.165, 1.54) is 0 Å². The van der Waals surface area contributed by atoms with E-state index in [4.69, 9.17) is 0 Å². The van der Waals surface area contributed by atoms with Crippen LogP contribution >= 0.6 is 0 Å². The van der Waals surface area contributed by atoms with Crippen molar-refractivity contribution in [2.75, 3.05) is 25.1 Å². The van der Waals surface area contributed by atoms with Crippen LogP contribution in [0.5, 0.6) is 0 Å². The number of aromatic nitrogens is 2. The van der Waals surface area contributed by atoms with Gasteiger partial charge in [-0.3, -0.25) is 9.69 Å². The van der Waals surface area contributed by atoms with Crippen LogP contribution in [0.25, 0.3) is 5.69 Å². The molecule has 0 saturated carbocycles. The molecule has 0 bridgehead atoms. The standard InChI is InChI=1S/C18H24N4O3S/c1-14-19-8-9-22(14)16-5-3-15(4-6-16)11-20-18(23)12-21(2)17-7-10-26(24,25)13-17/h3-6,8-9,17H,7,10-13H2,1-2H3,(H,20,23)/t17-/m1/s1. The van der Waals surface area contributed by atoms with Gasteiger partial charge < -0.3 is 9.88 Å². The third-order valence-electron chi connectivity index (χ3n) is 4.75. The van der Waals surface area contributed by atoms with Crippen molar-refractivity contribution in [1.82, 2.24) is 19.8 Å². The number of nitrogens with one attached hydrogen (secondary N) is 1. The molecule has 1 fully saturated rings. The van der Waals surface area contributed by atoms with Crippen molar-refractivity contribution in [3.05, 3.63) is 48.0 Å². The third-order valence-corrected chi connectivity index (χ3v) is 6.51. The highest BCUT2D eigenvalue weighted by atomic mass is 32.2. The molecule has 1 saturated heterocycles. The van der Waals surface area contributed by atoms with Crippen LogP contribution in [-0.4, -0.2) is 59.9 Å². The lowest BCUT2D eigenvalue weighted by Crippen LogP contribution is -2.41. The van der Waals surface area contributed by atoms with Gasteiger partial charge in [-0.15, -0.1) is 0 Å². The average Bonchev–Trinajstić information content (AvgIpc) is 3.18. The molecule has 140 valence electrons. The first-order valence-corrected chi connectivity index (χ1v) is 10.4. The van der Waals surface area contributed by atoms with Gasteiger partial charge in [0.1, 0.15) is 5.82 Å². The minimum atomic E-state index is -2.94. The summed E-state index contributed by atoms with van der Waals surface area (Å²) in [6, 6.07) is 7.87. The Bertz CT molecular complexity index is 874. The first-order chi connectivity index (χ1) is 12.3. The van der Waals surface area contributed by atoms with E-state index in [0.29, 0.717) is 13.0 Å². The number of sulfone groups is 1. The predicted octanol–water partition coefficient (Wildman–Crippen LogP) is 0.916. The fraction of sp³-hybridized carbons (Fsp3) is 0.444. The van der Waals surface area contributed by atoms with Crippen molar-refractivity contribution in [3.8, 4) is 5.69 Å². The van der Waals surface area contributed by atoms with E-state index in [1.807, 2.05) is 46.9 Å². The summed E-state index contributed by atoms with van der Waals surface area (Å²) in [6.45, 7) is 2.59. The molecule has 8 heteroatoms. The predicted molar refractivity (Wildman–Crippen MR) is 99.8 cm³/mol. The molecule has 1 aliphatic heterocycles. The molecule has 2 heterocycles. The van der Waals surface area contributed by atoms with Crippen LogP contribution in [-0.2, 0) is 21.2 Å². The molecule has 3 rings (SSSR count). The lowest BCUT2D eigenvalue weighted by atomic mass is 10.2. The molecular weight excluding hydrogens is 352 g/mol. The molecule has 0 unspecified atom stereocenters. The largest absolute Gasteiger partial charge is 0.351 e. The van der Waals surface area contributed by atoms with Crippen LogP contribution in [0.1, 0.15) is 17.8 Å². The normalized spacial score (nSPS) is 19.0. The summed E-state index contributed by atoms with van der Waals surface area (Å²) in [6.07, 6.45) is 4.27. The van der Waals surface area contributed by atoms with Crippen molar-refractivity contribution in [3.63, 3.8) is 0 Å². The van der Waals surface area contributed by atoms with E-state index >= 15 is 0 Å². The summed E-state index contributed by atoms with van der Waals surface area (Å²) in [4.78, 5) is 18.2. The second kappa shape index (κ2) is 7.59. The third kappa shape index (κ3) is 4.50. The Balaban J connectivity index is 1.49. The molecular formula is C18H24N4O3S. The van der Waals surface area contributed by atoms with Crippen molar-refractivity contribution in [1.29, 1.82) is 0 Å². The fourth-order valence-corrected chi connectivity index (χ4v) is 4.97. The van der Waals surface area contributed by atoms with Gasteiger partial charge in [-0.25, -0.2) is 13.4 Å². The summed E-state index contributed by atoms with van der Waals surface area (Å²) in [7, 11) is -1.14. The second-order valence-electron chi connectivity index (χ2n) is 6.76. The van der Waals surface area contributed by atoms with Crippen LogP contribution in [0.15, 0.2) is 36.7 Å². The summed E-state index contributed by atoms with van der Waals surface area (Å²) in [5, 5.41) is 2.89. The first kappa shape index (κ1) is 18.6. The molecule has 1 N–H and O–H groups in total. The quantitative estimate of drug-likeness (QED) is 0.810. The Morgan fingerprint density at radius 1 is 1.35 bits per heavy atom. The van der Waals surface area contributed by atoms with Crippen LogP contribution in [0.4, 0.5) is 0 Å². The SMILES string of the molecule is Cc1nccn1-c1ccc(CNC(=O)CN(C)[C@@H]2CCS(=O)(=O)C2)cc1. The first-order valence-electron chi connectivity index (χ1n) is 8.61. The van der Waals surface area contributed by atoms with Crippen molar-refractivity contribution in [2.45, 2.75) is 25.9 Å². The number of hydrogen-bond acceptors (Lipinski definition) is 5. The van der Waals surface area contributed by atoms with Crippen molar-refractivity contribution >= 4 is 15.7 Å². The molecule has 2 aromatic rings. The fourth-order valence-electron chi connectivity index (χ4n) is 3.16. The molecule has 0 aliphatic carbocycles. The van der Waals surface area contributed by atoms with Gasteiger partial charge in [-0.2, -0.15) is 0 Å². The number of likely N-dealkylation sites (N-methyl/N-ethyl adjacent to an activating group) is 1. The van der Waals surface area contributed by atoms with E-state index < -0.39 is 9.84 Å². The van der Waals surface area contributed by atoms with Gasteiger partial charge in [0.2, 0.25) is 5.91 Å². The van der Waals surface area contributed by atoms with Gasteiger partial charge in [-0.05, 0) is 38.1 Å². The number of benzene rings is 1. The number of imidazole rings is 1. The summed E-state index contributed by atoms with van der Waals surface area (Å²) in [5.41, 5.74) is 2.03. The van der Waals surface area contributed by atoms with Crippen LogP contribution in [0, 0.1) is 6.92 Å². The molecule has 1 aromatic carbocycles. The van der Waals surface area contributed by atoms with E-state index in [0.717, 1.165) is 17.1 Å². The number of hydrogen-bond donors (Lipinski definition) is 1. The van der Waals surface area contributed by atoms with Crippen LogP contribution in [0.3, 0.4) is 0 Å². The Labute approximate surface area is 154 Å². The van der Waals surface area contributed by atoms with Gasteiger partial charge in [0.05, 0.1) is 18.1 Å². The molecule has 1 aliphatic rings. The van der Waals surface area contributed by atoms with E-state index in [9.17, 15) is 13.2 Å². The van der Waals surface area contributed by atoms with Crippen molar-refractivity contribution < 1.29 is 13.2 Å². The smallest absolute Gasteiger partial charge is 0.234 e. The Morgan fingerprint density at radius 3 is 2.65 bits per heavy atom. The van der Waals surface area contributed by atoms with E-state index in [-0.39, 0.29) is 30.0 Å². The van der Waals surface area contributed by atoms with Gasteiger partial charge in [0.25, 0.3) is 0 Å².